The summed E-state index contributed by atoms with van der Waals surface area (Å²) in [5, 5.41) is 17.9. The first-order chi connectivity index (χ1) is 11.9. The first-order valence-corrected chi connectivity index (χ1v) is 10.2. The molecule has 0 saturated heterocycles. The normalized spacial score (nSPS) is 51.3. The van der Waals surface area contributed by atoms with E-state index in [-0.39, 0.29) is 29.0 Å². The summed E-state index contributed by atoms with van der Waals surface area (Å²) >= 11 is 0. The molecule has 0 bridgehead atoms. The van der Waals surface area contributed by atoms with Crippen LogP contribution in [0.4, 0.5) is 0 Å². The van der Waals surface area contributed by atoms with Crippen LogP contribution in [0.25, 0.3) is 0 Å². The molecule has 3 saturated carbocycles. The summed E-state index contributed by atoms with van der Waals surface area (Å²) in [5.74, 6) is 2.59. The first-order valence-electron chi connectivity index (χ1n) is 10.2. The van der Waals surface area contributed by atoms with Crippen molar-refractivity contribution in [2.24, 2.45) is 44.7 Å². The number of Topliss-reactive ketones (excluding diaryl/α,β-unsaturated/α-hetero) is 1. The van der Waals surface area contributed by atoms with Crippen LogP contribution in [-0.2, 0) is 4.79 Å². The summed E-state index contributed by atoms with van der Waals surface area (Å²) in [4.78, 5) is 12.7. The lowest BCUT2D eigenvalue weighted by molar-refractivity contribution is -0.129. The van der Waals surface area contributed by atoms with Gasteiger partial charge in [-0.25, -0.2) is 0 Å². The predicted octanol–water partition coefficient (Wildman–Crippen LogP) is 4.29. The summed E-state index contributed by atoms with van der Waals surface area (Å²) in [5.41, 5.74) is 1.96. The standard InChI is InChI=1S/C21H30N2O2/c1-20-9-7-13(24)11-12(20)3-4-14-15-5-6-17(18(25)19-22-23-19)21(15,2)10-8-16(14)20/h3,13-17,19,24H,4-11H2,1-2H3/t13-,14-,15-,16-,17+,20+,21-/m1/s1. The van der Waals surface area contributed by atoms with Gasteiger partial charge in [-0.2, -0.15) is 10.2 Å². The summed E-state index contributed by atoms with van der Waals surface area (Å²) in [7, 11) is 0. The second-order valence-electron chi connectivity index (χ2n) is 9.84. The molecule has 3 fully saturated rings. The molecular weight excluding hydrogens is 312 g/mol. The number of hydrogen-bond acceptors (Lipinski definition) is 4. The van der Waals surface area contributed by atoms with Crippen LogP contribution in [0.2, 0.25) is 0 Å². The molecule has 1 N–H and O–H groups in total. The van der Waals surface area contributed by atoms with Crippen molar-refractivity contribution < 1.29 is 9.90 Å². The molecule has 1 aliphatic heterocycles. The second-order valence-corrected chi connectivity index (χ2v) is 9.84. The molecule has 0 spiro atoms. The average molecular weight is 342 g/mol. The molecule has 136 valence electrons. The van der Waals surface area contributed by atoms with Crippen molar-refractivity contribution in [1.82, 2.24) is 0 Å². The van der Waals surface area contributed by atoms with Crippen molar-refractivity contribution in [2.45, 2.75) is 77.5 Å². The summed E-state index contributed by atoms with van der Waals surface area (Å²) in [6.45, 7) is 4.85. The summed E-state index contributed by atoms with van der Waals surface area (Å²) in [6, 6.07) is 0. The van der Waals surface area contributed by atoms with Crippen molar-refractivity contribution in [3.05, 3.63) is 11.6 Å². The van der Waals surface area contributed by atoms with Crippen LogP contribution in [0.5, 0.6) is 0 Å². The fourth-order valence-corrected chi connectivity index (χ4v) is 7.44. The average Bonchev–Trinajstić information content (AvgIpc) is 3.37. The van der Waals surface area contributed by atoms with Crippen LogP contribution in [-0.4, -0.2) is 23.2 Å². The maximum absolute atomic E-state index is 12.7. The number of rotatable bonds is 2. The molecule has 4 heteroatoms. The van der Waals surface area contributed by atoms with Crippen LogP contribution in [0.3, 0.4) is 0 Å². The zero-order chi connectivity index (χ0) is 17.4. The van der Waals surface area contributed by atoms with Crippen LogP contribution in [0.15, 0.2) is 21.9 Å². The highest BCUT2D eigenvalue weighted by molar-refractivity contribution is 5.88. The topological polar surface area (TPSA) is 62.0 Å². The molecule has 5 aliphatic rings. The van der Waals surface area contributed by atoms with Gasteiger partial charge in [-0.1, -0.05) is 25.5 Å². The Hall–Kier alpha value is -1.03. The van der Waals surface area contributed by atoms with Crippen molar-refractivity contribution in [1.29, 1.82) is 0 Å². The number of ketones is 1. The number of allylic oxidation sites excluding steroid dienone is 1. The Morgan fingerprint density at radius 1 is 1.12 bits per heavy atom. The predicted molar refractivity (Wildman–Crippen MR) is 94.9 cm³/mol. The number of nitrogens with zero attached hydrogens (tertiary/aromatic N) is 2. The van der Waals surface area contributed by atoms with Crippen molar-refractivity contribution in [3.63, 3.8) is 0 Å². The lowest BCUT2D eigenvalue weighted by atomic mass is 9.47. The van der Waals surface area contributed by atoms with Gasteiger partial charge in [-0.3, -0.25) is 4.79 Å². The molecule has 4 aliphatic carbocycles. The van der Waals surface area contributed by atoms with Gasteiger partial charge in [0.25, 0.3) is 0 Å². The molecule has 25 heavy (non-hydrogen) atoms. The third-order valence-corrected chi connectivity index (χ3v) is 8.91. The zero-order valence-electron chi connectivity index (χ0n) is 15.4. The van der Waals surface area contributed by atoms with E-state index in [2.05, 4.69) is 30.2 Å². The summed E-state index contributed by atoms with van der Waals surface area (Å²) in [6.07, 6.45) is 10.8. The third kappa shape index (κ3) is 2.19. The van der Waals surface area contributed by atoms with Gasteiger partial charge in [0, 0.05) is 5.92 Å². The van der Waals surface area contributed by atoms with Gasteiger partial charge in [0.1, 0.15) is 0 Å². The van der Waals surface area contributed by atoms with Crippen molar-refractivity contribution in [2.75, 3.05) is 0 Å². The lowest BCUT2D eigenvalue weighted by Gasteiger charge is -2.57. The molecule has 0 aromatic heterocycles. The number of carbonyl (C=O) groups excluding carboxylic acids is 1. The van der Waals surface area contributed by atoms with Gasteiger partial charge < -0.3 is 5.11 Å². The molecule has 1 heterocycles. The Balaban J connectivity index is 1.44. The Morgan fingerprint density at radius 2 is 1.92 bits per heavy atom. The van der Waals surface area contributed by atoms with Gasteiger partial charge in [0.05, 0.1) is 6.10 Å². The maximum Gasteiger partial charge on any atom is 0.238 e. The van der Waals surface area contributed by atoms with Gasteiger partial charge in [0.2, 0.25) is 6.17 Å². The molecule has 0 amide bonds. The number of fused-ring (bicyclic) bond motifs is 5. The third-order valence-electron chi connectivity index (χ3n) is 8.91. The van der Waals surface area contributed by atoms with Crippen LogP contribution in [0, 0.1) is 34.5 Å². The summed E-state index contributed by atoms with van der Waals surface area (Å²) < 4.78 is 0. The minimum atomic E-state index is -0.325. The number of aliphatic hydroxyl groups excluding tert-OH is 1. The van der Waals surface area contributed by atoms with Gasteiger partial charge in [0.15, 0.2) is 5.78 Å². The molecule has 0 aromatic rings. The van der Waals surface area contributed by atoms with E-state index in [9.17, 15) is 9.90 Å². The molecule has 0 aromatic carbocycles. The Labute approximate surface area is 150 Å². The van der Waals surface area contributed by atoms with Crippen LogP contribution < -0.4 is 0 Å². The highest BCUT2D eigenvalue weighted by atomic mass is 16.3. The van der Waals surface area contributed by atoms with E-state index in [1.54, 1.807) is 0 Å². The zero-order valence-corrected chi connectivity index (χ0v) is 15.4. The Bertz CT molecular complexity index is 665. The highest BCUT2D eigenvalue weighted by Gasteiger charge is 2.60. The molecular formula is C21H30N2O2. The van der Waals surface area contributed by atoms with Gasteiger partial charge in [-0.05, 0) is 80.0 Å². The van der Waals surface area contributed by atoms with E-state index in [4.69, 9.17) is 0 Å². The lowest BCUT2D eigenvalue weighted by Crippen LogP contribution is -2.51. The number of aliphatic hydroxyl groups is 1. The van der Waals surface area contributed by atoms with E-state index < -0.39 is 0 Å². The Kier molecular flexibility index (Phi) is 3.39. The van der Waals surface area contributed by atoms with E-state index in [1.165, 1.54) is 24.8 Å². The van der Waals surface area contributed by atoms with Crippen LogP contribution in [0.1, 0.15) is 65.2 Å². The van der Waals surface area contributed by atoms with E-state index in [1.807, 2.05) is 0 Å². The minimum absolute atomic E-state index is 0.135. The van der Waals surface area contributed by atoms with Crippen molar-refractivity contribution in [3.8, 4) is 0 Å². The SMILES string of the molecule is C[C@@]12CC[C@@H]3[C@H](CC=C4C[C@H](O)CC[C@@]43C)[C@H]1CC[C@H]2C(=O)C1N=N1. The van der Waals surface area contributed by atoms with Crippen LogP contribution >= 0.6 is 0 Å². The smallest absolute Gasteiger partial charge is 0.238 e. The van der Waals surface area contributed by atoms with E-state index >= 15 is 0 Å². The maximum atomic E-state index is 12.7. The van der Waals surface area contributed by atoms with Crippen molar-refractivity contribution >= 4 is 5.78 Å². The minimum Gasteiger partial charge on any atom is -0.393 e. The Morgan fingerprint density at radius 3 is 2.68 bits per heavy atom. The quantitative estimate of drug-likeness (QED) is 0.761. The monoisotopic (exact) mass is 342 g/mol. The van der Waals surface area contributed by atoms with Gasteiger partial charge >= 0.3 is 0 Å². The van der Waals surface area contributed by atoms with E-state index in [0.717, 1.165) is 38.0 Å². The molecule has 4 nitrogen and oxygen atoms in total. The largest absolute Gasteiger partial charge is 0.393 e. The van der Waals surface area contributed by atoms with Gasteiger partial charge in [-0.15, -0.1) is 0 Å². The molecule has 7 atom stereocenters. The fourth-order valence-electron chi connectivity index (χ4n) is 7.44. The fraction of sp³-hybridized carbons (Fsp3) is 0.857. The number of hydrogen-bond donors (Lipinski definition) is 1. The molecule has 0 unspecified atom stereocenters. The van der Waals surface area contributed by atoms with E-state index in [0.29, 0.717) is 17.6 Å². The molecule has 0 radical (unpaired) electrons. The number of carbonyl (C=O) groups is 1. The highest BCUT2D eigenvalue weighted by Crippen LogP contribution is 2.66. The first kappa shape index (κ1) is 16.2. The molecule has 5 rings (SSSR count). The second kappa shape index (κ2) is 5.25.